The molecule has 0 bridgehead atoms. The van der Waals surface area contributed by atoms with Gasteiger partial charge < -0.3 is 5.32 Å². The van der Waals surface area contributed by atoms with Crippen LogP contribution in [-0.4, -0.2) is 6.54 Å². The van der Waals surface area contributed by atoms with Crippen molar-refractivity contribution in [2.45, 2.75) is 58.4 Å². The van der Waals surface area contributed by atoms with Crippen LogP contribution in [0, 0.1) is 0 Å². The molecule has 98 valence electrons. The summed E-state index contributed by atoms with van der Waals surface area (Å²) in [5.41, 5.74) is 0. The van der Waals surface area contributed by atoms with Crippen molar-refractivity contribution >= 4 is 27.3 Å². The van der Waals surface area contributed by atoms with Gasteiger partial charge in [-0.25, -0.2) is 0 Å². The SMILES string of the molecule is CCCCCCCC(NCC)c1sccc1Br. The molecule has 1 unspecified atom stereocenters. The third-order valence-corrected chi connectivity index (χ3v) is 4.99. The van der Waals surface area contributed by atoms with Crippen LogP contribution < -0.4 is 5.32 Å². The smallest absolute Gasteiger partial charge is 0.0426 e. The Labute approximate surface area is 118 Å². The van der Waals surface area contributed by atoms with Gasteiger partial charge in [-0.2, -0.15) is 0 Å². The summed E-state index contributed by atoms with van der Waals surface area (Å²) in [6.45, 7) is 5.50. The maximum atomic E-state index is 3.64. The van der Waals surface area contributed by atoms with Crippen LogP contribution >= 0.6 is 27.3 Å². The number of hydrogen-bond donors (Lipinski definition) is 1. The zero-order valence-corrected chi connectivity index (χ0v) is 13.4. The third kappa shape index (κ3) is 5.54. The summed E-state index contributed by atoms with van der Waals surface area (Å²) >= 11 is 5.50. The molecule has 1 atom stereocenters. The number of hydrogen-bond acceptors (Lipinski definition) is 2. The number of nitrogens with one attached hydrogen (secondary N) is 1. The molecule has 1 N–H and O–H groups in total. The van der Waals surface area contributed by atoms with E-state index in [9.17, 15) is 0 Å². The lowest BCUT2D eigenvalue weighted by molar-refractivity contribution is 0.483. The molecule has 0 amide bonds. The maximum Gasteiger partial charge on any atom is 0.0426 e. The Morgan fingerprint density at radius 1 is 1.24 bits per heavy atom. The topological polar surface area (TPSA) is 12.0 Å². The van der Waals surface area contributed by atoms with E-state index in [1.54, 1.807) is 0 Å². The second-order valence-electron chi connectivity index (χ2n) is 4.45. The summed E-state index contributed by atoms with van der Waals surface area (Å²) in [7, 11) is 0. The van der Waals surface area contributed by atoms with E-state index in [4.69, 9.17) is 0 Å². The van der Waals surface area contributed by atoms with Gasteiger partial charge in [-0.1, -0.05) is 46.0 Å². The highest BCUT2D eigenvalue weighted by Crippen LogP contribution is 2.32. The molecule has 0 aromatic carbocycles. The molecule has 1 heterocycles. The summed E-state index contributed by atoms with van der Waals surface area (Å²) in [6.07, 6.45) is 8.07. The maximum absolute atomic E-state index is 3.64. The molecule has 17 heavy (non-hydrogen) atoms. The molecular formula is C14H24BrNS. The quantitative estimate of drug-likeness (QED) is 0.591. The minimum Gasteiger partial charge on any atom is -0.309 e. The Hall–Kier alpha value is 0.140. The van der Waals surface area contributed by atoms with E-state index in [0.29, 0.717) is 6.04 Å². The molecule has 0 saturated heterocycles. The second kappa shape index (κ2) is 9.12. The summed E-state index contributed by atoms with van der Waals surface area (Å²) in [6, 6.07) is 2.69. The molecule has 0 fully saturated rings. The van der Waals surface area contributed by atoms with E-state index in [2.05, 4.69) is 46.5 Å². The summed E-state index contributed by atoms with van der Waals surface area (Å²) in [5, 5.41) is 5.76. The Morgan fingerprint density at radius 3 is 2.59 bits per heavy atom. The van der Waals surface area contributed by atoms with Crippen LogP contribution in [-0.2, 0) is 0 Å². The average Bonchev–Trinajstić information content (AvgIpc) is 2.74. The Kier molecular flexibility index (Phi) is 8.15. The van der Waals surface area contributed by atoms with Crippen molar-refractivity contribution in [2.24, 2.45) is 0 Å². The summed E-state index contributed by atoms with van der Waals surface area (Å²) in [5.74, 6) is 0. The lowest BCUT2D eigenvalue weighted by Crippen LogP contribution is -2.20. The van der Waals surface area contributed by atoms with Crippen LogP contribution in [0.1, 0.15) is 63.3 Å². The molecule has 1 aromatic rings. The van der Waals surface area contributed by atoms with Crippen molar-refractivity contribution in [2.75, 3.05) is 6.54 Å². The zero-order valence-electron chi connectivity index (χ0n) is 11.0. The fraction of sp³-hybridized carbons (Fsp3) is 0.714. The van der Waals surface area contributed by atoms with Crippen LogP contribution in [0.5, 0.6) is 0 Å². The number of unbranched alkanes of at least 4 members (excludes halogenated alkanes) is 4. The first-order valence-electron chi connectivity index (χ1n) is 6.75. The first kappa shape index (κ1) is 15.2. The first-order valence-corrected chi connectivity index (χ1v) is 8.43. The molecule has 3 heteroatoms. The monoisotopic (exact) mass is 317 g/mol. The molecule has 0 saturated carbocycles. The Balaban J connectivity index is 2.36. The van der Waals surface area contributed by atoms with Crippen LogP contribution in [0.15, 0.2) is 15.9 Å². The van der Waals surface area contributed by atoms with Crippen molar-refractivity contribution in [3.63, 3.8) is 0 Å². The zero-order chi connectivity index (χ0) is 12.5. The second-order valence-corrected chi connectivity index (χ2v) is 6.25. The van der Waals surface area contributed by atoms with Crippen molar-refractivity contribution < 1.29 is 0 Å². The number of halogens is 1. The lowest BCUT2D eigenvalue weighted by Gasteiger charge is -2.17. The van der Waals surface area contributed by atoms with Crippen LogP contribution in [0.3, 0.4) is 0 Å². The van der Waals surface area contributed by atoms with Gasteiger partial charge in [-0.3, -0.25) is 0 Å². The Morgan fingerprint density at radius 2 is 2.00 bits per heavy atom. The minimum atomic E-state index is 0.538. The lowest BCUT2D eigenvalue weighted by atomic mass is 10.1. The van der Waals surface area contributed by atoms with Gasteiger partial charge in [0.05, 0.1) is 0 Å². The largest absolute Gasteiger partial charge is 0.309 e. The van der Waals surface area contributed by atoms with Crippen molar-refractivity contribution in [3.05, 3.63) is 20.8 Å². The van der Waals surface area contributed by atoms with Crippen LogP contribution in [0.25, 0.3) is 0 Å². The molecule has 0 spiro atoms. The highest BCUT2D eigenvalue weighted by molar-refractivity contribution is 9.10. The van der Waals surface area contributed by atoms with Crippen molar-refractivity contribution in [1.82, 2.24) is 5.32 Å². The van der Waals surface area contributed by atoms with E-state index in [1.165, 1.54) is 47.9 Å². The van der Waals surface area contributed by atoms with Gasteiger partial charge in [0.1, 0.15) is 0 Å². The van der Waals surface area contributed by atoms with Crippen LogP contribution in [0.4, 0.5) is 0 Å². The summed E-state index contributed by atoms with van der Waals surface area (Å²) in [4.78, 5) is 1.46. The average molecular weight is 318 g/mol. The predicted octanol–water partition coefficient (Wildman–Crippen LogP) is 5.52. The highest BCUT2D eigenvalue weighted by atomic mass is 79.9. The van der Waals surface area contributed by atoms with Crippen molar-refractivity contribution in [3.8, 4) is 0 Å². The molecule has 0 aliphatic carbocycles. The molecule has 0 aliphatic rings. The molecule has 1 rings (SSSR count). The fourth-order valence-electron chi connectivity index (χ4n) is 2.08. The minimum absolute atomic E-state index is 0.538. The number of thiophene rings is 1. The van der Waals surface area contributed by atoms with Gasteiger partial charge in [0.25, 0.3) is 0 Å². The van der Waals surface area contributed by atoms with Gasteiger partial charge in [0.2, 0.25) is 0 Å². The van der Waals surface area contributed by atoms with E-state index in [1.807, 2.05) is 11.3 Å². The van der Waals surface area contributed by atoms with Crippen LogP contribution in [0.2, 0.25) is 0 Å². The standard InChI is InChI=1S/C14H24BrNS/c1-3-5-6-7-8-9-13(16-4-2)14-12(15)10-11-17-14/h10-11,13,16H,3-9H2,1-2H3. The van der Waals surface area contributed by atoms with E-state index < -0.39 is 0 Å². The van der Waals surface area contributed by atoms with E-state index >= 15 is 0 Å². The van der Waals surface area contributed by atoms with Gasteiger partial charge in [0.15, 0.2) is 0 Å². The fourth-order valence-corrected chi connectivity index (χ4v) is 3.84. The van der Waals surface area contributed by atoms with Crippen molar-refractivity contribution in [1.29, 1.82) is 0 Å². The molecule has 1 aromatic heterocycles. The van der Waals surface area contributed by atoms with Gasteiger partial charge in [0, 0.05) is 15.4 Å². The molecule has 0 radical (unpaired) electrons. The van der Waals surface area contributed by atoms with E-state index in [-0.39, 0.29) is 0 Å². The first-order chi connectivity index (χ1) is 8.29. The van der Waals surface area contributed by atoms with Gasteiger partial charge in [-0.05, 0) is 40.3 Å². The molecular weight excluding hydrogens is 294 g/mol. The number of rotatable bonds is 9. The predicted molar refractivity (Wildman–Crippen MR) is 81.8 cm³/mol. The van der Waals surface area contributed by atoms with Gasteiger partial charge >= 0.3 is 0 Å². The molecule has 1 nitrogen and oxygen atoms in total. The normalized spacial score (nSPS) is 12.9. The van der Waals surface area contributed by atoms with Gasteiger partial charge in [-0.15, -0.1) is 11.3 Å². The molecule has 0 aliphatic heterocycles. The van der Waals surface area contributed by atoms with E-state index in [0.717, 1.165) is 6.54 Å². The Bertz CT molecular complexity index is 298. The third-order valence-electron chi connectivity index (χ3n) is 3.01. The summed E-state index contributed by atoms with van der Waals surface area (Å²) < 4.78 is 1.27. The highest BCUT2D eigenvalue weighted by Gasteiger charge is 2.14.